The van der Waals surface area contributed by atoms with Crippen LogP contribution in [0.3, 0.4) is 0 Å². The van der Waals surface area contributed by atoms with Crippen molar-refractivity contribution >= 4 is 27.3 Å². The highest BCUT2D eigenvalue weighted by molar-refractivity contribution is 7.89. The van der Waals surface area contributed by atoms with Crippen LogP contribution >= 0.6 is 11.6 Å². The van der Waals surface area contributed by atoms with Crippen LogP contribution in [0, 0.1) is 22.0 Å². The molecular weight excluding hydrogens is 364 g/mol. The molecule has 0 amide bonds. The number of para-hydroxylation sites is 1. The SMILES string of the molecule is O=[N+]([O-])c1ccccc1S(=O)(=O)N1CCC(C2C=CCC=C2Cl)CC1. The minimum atomic E-state index is -3.88. The normalized spacial score (nSPS) is 22.6. The molecule has 0 spiro atoms. The van der Waals surface area contributed by atoms with Crippen molar-refractivity contribution in [2.75, 3.05) is 13.1 Å². The van der Waals surface area contributed by atoms with E-state index in [1.807, 2.05) is 6.08 Å². The molecule has 0 bridgehead atoms. The van der Waals surface area contributed by atoms with Crippen LogP contribution in [0.5, 0.6) is 0 Å². The topological polar surface area (TPSA) is 80.5 Å². The van der Waals surface area contributed by atoms with Crippen LogP contribution in [0.25, 0.3) is 0 Å². The molecule has 25 heavy (non-hydrogen) atoms. The van der Waals surface area contributed by atoms with Gasteiger partial charge in [0.05, 0.1) is 4.92 Å². The number of hydrogen-bond acceptors (Lipinski definition) is 4. The van der Waals surface area contributed by atoms with Gasteiger partial charge < -0.3 is 0 Å². The highest BCUT2D eigenvalue weighted by atomic mass is 35.5. The van der Waals surface area contributed by atoms with E-state index in [9.17, 15) is 18.5 Å². The number of rotatable bonds is 4. The zero-order valence-electron chi connectivity index (χ0n) is 13.5. The molecular formula is C17H19ClN2O4S. The van der Waals surface area contributed by atoms with Crippen molar-refractivity contribution in [3.63, 3.8) is 0 Å². The second kappa shape index (κ2) is 7.27. The van der Waals surface area contributed by atoms with Crippen LogP contribution in [0.1, 0.15) is 19.3 Å². The van der Waals surface area contributed by atoms with E-state index in [1.54, 1.807) is 0 Å². The lowest BCUT2D eigenvalue weighted by Gasteiger charge is -2.35. The van der Waals surface area contributed by atoms with E-state index in [0.29, 0.717) is 25.9 Å². The minimum absolute atomic E-state index is 0.145. The Hall–Kier alpha value is -1.70. The van der Waals surface area contributed by atoms with Gasteiger partial charge >= 0.3 is 0 Å². The highest BCUT2D eigenvalue weighted by Gasteiger charge is 2.36. The summed E-state index contributed by atoms with van der Waals surface area (Å²) in [6, 6.07) is 5.48. The quantitative estimate of drug-likeness (QED) is 0.451. The van der Waals surface area contributed by atoms with E-state index < -0.39 is 14.9 Å². The van der Waals surface area contributed by atoms with Crippen LogP contribution in [-0.4, -0.2) is 30.7 Å². The first-order chi connectivity index (χ1) is 11.9. The van der Waals surface area contributed by atoms with Gasteiger partial charge in [0.2, 0.25) is 10.0 Å². The van der Waals surface area contributed by atoms with Crippen LogP contribution in [0.15, 0.2) is 52.4 Å². The summed E-state index contributed by atoms with van der Waals surface area (Å²) in [5.74, 6) is 0.434. The van der Waals surface area contributed by atoms with E-state index in [2.05, 4.69) is 12.2 Å². The predicted octanol–water partition coefficient (Wildman–Crippen LogP) is 3.69. The summed E-state index contributed by atoms with van der Waals surface area (Å²) in [6.07, 6.45) is 8.35. The fraction of sp³-hybridized carbons (Fsp3) is 0.412. The number of piperidine rings is 1. The third-order valence-electron chi connectivity index (χ3n) is 4.80. The fourth-order valence-corrected chi connectivity index (χ4v) is 5.42. The van der Waals surface area contributed by atoms with E-state index in [-0.39, 0.29) is 22.4 Å². The molecule has 1 aliphatic heterocycles. The standard InChI is InChI=1S/C17H19ClN2O4S/c18-15-6-2-1-5-14(15)13-9-11-19(12-10-13)25(23,24)17-8-4-3-7-16(17)20(21)22/h1,3-8,13-14H,2,9-12H2. The molecule has 0 radical (unpaired) electrons. The van der Waals surface area contributed by atoms with Crippen LogP contribution < -0.4 is 0 Å². The number of hydrogen-bond donors (Lipinski definition) is 0. The third kappa shape index (κ3) is 3.63. The molecule has 2 aliphatic rings. The number of nitro groups is 1. The van der Waals surface area contributed by atoms with Crippen molar-refractivity contribution in [2.45, 2.75) is 24.2 Å². The van der Waals surface area contributed by atoms with E-state index >= 15 is 0 Å². The molecule has 0 saturated carbocycles. The van der Waals surface area contributed by atoms with Gasteiger partial charge in [-0.2, -0.15) is 4.31 Å². The first kappa shape index (κ1) is 18.1. The molecule has 3 rings (SSSR count). The number of nitrogens with zero attached hydrogens (tertiary/aromatic N) is 2. The Morgan fingerprint density at radius 2 is 1.88 bits per heavy atom. The number of halogens is 1. The van der Waals surface area contributed by atoms with Gasteiger partial charge in [0.15, 0.2) is 4.90 Å². The Morgan fingerprint density at radius 3 is 2.52 bits per heavy atom. The average molecular weight is 383 g/mol. The largest absolute Gasteiger partial charge is 0.289 e. The van der Waals surface area contributed by atoms with Crippen LogP contribution in [0.2, 0.25) is 0 Å². The molecule has 1 aliphatic carbocycles. The molecule has 1 aromatic rings. The number of allylic oxidation sites excluding steroid dienone is 4. The van der Waals surface area contributed by atoms with E-state index in [1.165, 1.54) is 28.6 Å². The Kier molecular flexibility index (Phi) is 5.27. The molecule has 6 nitrogen and oxygen atoms in total. The molecule has 8 heteroatoms. The minimum Gasteiger partial charge on any atom is -0.258 e. The first-order valence-electron chi connectivity index (χ1n) is 8.17. The van der Waals surface area contributed by atoms with E-state index in [4.69, 9.17) is 11.6 Å². The lowest BCUT2D eigenvalue weighted by molar-refractivity contribution is -0.387. The second-order valence-corrected chi connectivity index (χ2v) is 8.59. The summed E-state index contributed by atoms with van der Waals surface area (Å²) in [5.41, 5.74) is -0.384. The predicted molar refractivity (Wildman–Crippen MR) is 95.8 cm³/mol. The Labute approximate surface area is 152 Å². The van der Waals surface area contributed by atoms with Crippen molar-refractivity contribution < 1.29 is 13.3 Å². The Morgan fingerprint density at radius 1 is 1.20 bits per heavy atom. The average Bonchev–Trinajstić information content (AvgIpc) is 2.62. The number of nitro benzene ring substituents is 1. The second-order valence-electron chi connectivity index (χ2n) is 6.24. The fourth-order valence-electron chi connectivity index (χ4n) is 3.46. The summed E-state index contributed by atoms with van der Waals surface area (Å²) in [4.78, 5) is 10.2. The summed E-state index contributed by atoms with van der Waals surface area (Å²) in [5, 5.41) is 12.0. The smallest absolute Gasteiger partial charge is 0.258 e. The monoisotopic (exact) mass is 382 g/mol. The van der Waals surface area contributed by atoms with Gasteiger partial charge in [-0.15, -0.1) is 0 Å². The highest BCUT2D eigenvalue weighted by Crippen LogP contribution is 2.37. The summed E-state index contributed by atoms with van der Waals surface area (Å²) >= 11 is 6.30. The van der Waals surface area contributed by atoms with Crippen molar-refractivity contribution in [1.82, 2.24) is 4.31 Å². The first-order valence-corrected chi connectivity index (χ1v) is 9.99. The van der Waals surface area contributed by atoms with Crippen molar-refractivity contribution in [1.29, 1.82) is 0 Å². The zero-order chi connectivity index (χ0) is 18.0. The van der Waals surface area contributed by atoms with Crippen molar-refractivity contribution in [2.24, 2.45) is 11.8 Å². The number of sulfonamides is 1. The Bertz CT molecular complexity index is 827. The van der Waals surface area contributed by atoms with E-state index in [0.717, 1.165) is 11.5 Å². The summed E-state index contributed by atoms with van der Waals surface area (Å²) < 4.78 is 27.0. The third-order valence-corrected chi connectivity index (χ3v) is 7.15. The van der Waals surface area contributed by atoms with Gasteiger partial charge in [0.1, 0.15) is 0 Å². The van der Waals surface area contributed by atoms with Gasteiger partial charge in [-0.1, -0.05) is 42.0 Å². The molecule has 1 aromatic carbocycles. The Balaban J connectivity index is 1.76. The molecule has 1 fully saturated rings. The molecule has 0 aromatic heterocycles. The van der Waals surface area contributed by atoms with Gasteiger partial charge in [0, 0.05) is 30.1 Å². The lowest BCUT2D eigenvalue weighted by atomic mass is 9.82. The van der Waals surface area contributed by atoms with Crippen LogP contribution in [-0.2, 0) is 10.0 Å². The molecule has 1 atom stereocenters. The maximum atomic E-state index is 12.8. The number of benzene rings is 1. The molecule has 1 heterocycles. The van der Waals surface area contributed by atoms with Gasteiger partial charge in [-0.05, 0) is 31.2 Å². The summed E-state index contributed by atoms with van der Waals surface area (Å²) in [6.45, 7) is 0.682. The van der Waals surface area contributed by atoms with Gasteiger partial charge in [-0.25, -0.2) is 8.42 Å². The zero-order valence-corrected chi connectivity index (χ0v) is 15.1. The molecule has 0 N–H and O–H groups in total. The van der Waals surface area contributed by atoms with Crippen molar-refractivity contribution in [3.05, 3.63) is 57.6 Å². The molecule has 1 unspecified atom stereocenters. The molecule has 134 valence electrons. The van der Waals surface area contributed by atoms with Crippen LogP contribution in [0.4, 0.5) is 5.69 Å². The van der Waals surface area contributed by atoms with Gasteiger partial charge in [0.25, 0.3) is 5.69 Å². The van der Waals surface area contributed by atoms with Crippen molar-refractivity contribution in [3.8, 4) is 0 Å². The lowest BCUT2D eigenvalue weighted by Crippen LogP contribution is -2.40. The maximum absolute atomic E-state index is 12.8. The molecule has 1 saturated heterocycles. The maximum Gasteiger partial charge on any atom is 0.289 e. The van der Waals surface area contributed by atoms with Gasteiger partial charge in [-0.3, -0.25) is 10.1 Å². The summed E-state index contributed by atoms with van der Waals surface area (Å²) in [7, 11) is -3.88.